The van der Waals surface area contributed by atoms with Gasteiger partial charge in [-0.1, -0.05) is 24.4 Å². The first-order valence-electron chi connectivity index (χ1n) is 6.13. The average Bonchev–Trinajstić information content (AvgIpc) is 2.47. The highest BCUT2D eigenvalue weighted by molar-refractivity contribution is 6.30. The first-order valence-corrected chi connectivity index (χ1v) is 6.50. The van der Waals surface area contributed by atoms with E-state index in [9.17, 15) is 0 Å². The van der Waals surface area contributed by atoms with Gasteiger partial charge in [-0.15, -0.1) is 0 Å². The average molecular weight is 239 g/mol. The molecule has 0 atom stereocenters. The molecule has 0 spiro atoms. The van der Waals surface area contributed by atoms with E-state index in [2.05, 4.69) is 6.92 Å². The Morgan fingerprint density at radius 1 is 1.00 bits per heavy atom. The lowest BCUT2D eigenvalue weighted by Gasteiger charge is -2.29. The van der Waals surface area contributed by atoms with Crippen LogP contribution in [0.15, 0.2) is 24.3 Å². The summed E-state index contributed by atoms with van der Waals surface area (Å²) in [6, 6.07) is 7.69. The number of rotatable bonds is 2. The fraction of sp³-hybridized carbons (Fsp3) is 0.571. The van der Waals surface area contributed by atoms with Crippen molar-refractivity contribution in [2.24, 2.45) is 0 Å². The first-order chi connectivity index (χ1) is 7.68. The smallest absolute Gasteiger partial charge is 0.120 e. The van der Waals surface area contributed by atoms with Crippen molar-refractivity contribution in [2.45, 2.75) is 51.0 Å². The van der Waals surface area contributed by atoms with E-state index in [0.29, 0.717) is 0 Å². The van der Waals surface area contributed by atoms with Gasteiger partial charge in [-0.05, 0) is 56.9 Å². The van der Waals surface area contributed by atoms with E-state index in [0.717, 1.165) is 23.6 Å². The first kappa shape index (κ1) is 11.8. The van der Waals surface area contributed by atoms with Gasteiger partial charge in [0, 0.05) is 5.02 Å². The van der Waals surface area contributed by atoms with Gasteiger partial charge >= 0.3 is 0 Å². The third-order valence-electron chi connectivity index (χ3n) is 3.34. The summed E-state index contributed by atoms with van der Waals surface area (Å²) in [6.07, 6.45) is 7.58. The van der Waals surface area contributed by atoms with Crippen LogP contribution in [0.2, 0.25) is 5.02 Å². The number of ether oxygens (including phenoxy) is 1. The molecule has 16 heavy (non-hydrogen) atoms. The molecule has 2 rings (SSSR count). The van der Waals surface area contributed by atoms with Crippen molar-refractivity contribution in [1.29, 1.82) is 0 Å². The zero-order valence-electron chi connectivity index (χ0n) is 9.84. The lowest BCUT2D eigenvalue weighted by atomic mass is 9.97. The molecule has 0 radical (unpaired) electrons. The van der Waals surface area contributed by atoms with Gasteiger partial charge in [0.2, 0.25) is 0 Å². The Hall–Kier alpha value is -0.690. The number of benzene rings is 1. The maximum absolute atomic E-state index is 6.12. The third kappa shape index (κ3) is 3.15. The minimum Gasteiger partial charge on any atom is -0.488 e. The van der Waals surface area contributed by atoms with Gasteiger partial charge in [0.15, 0.2) is 0 Å². The molecule has 2 heteroatoms. The molecule has 1 aliphatic rings. The predicted octanol–water partition coefficient (Wildman–Crippen LogP) is 4.83. The summed E-state index contributed by atoms with van der Waals surface area (Å²) in [5.41, 5.74) is 0.0182. The van der Waals surface area contributed by atoms with E-state index in [-0.39, 0.29) is 5.60 Å². The summed E-state index contributed by atoms with van der Waals surface area (Å²) in [7, 11) is 0. The second-order valence-corrected chi connectivity index (χ2v) is 5.36. The fourth-order valence-electron chi connectivity index (χ4n) is 2.37. The Morgan fingerprint density at radius 3 is 2.12 bits per heavy atom. The maximum Gasteiger partial charge on any atom is 0.120 e. The Labute approximate surface area is 103 Å². The Balaban J connectivity index is 2.04. The van der Waals surface area contributed by atoms with Gasteiger partial charge in [0.1, 0.15) is 11.4 Å². The van der Waals surface area contributed by atoms with Crippen molar-refractivity contribution in [3.8, 4) is 5.75 Å². The maximum atomic E-state index is 6.12. The van der Waals surface area contributed by atoms with E-state index < -0.39 is 0 Å². The van der Waals surface area contributed by atoms with Crippen molar-refractivity contribution in [3.63, 3.8) is 0 Å². The number of halogens is 1. The molecule has 1 nitrogen and oxygen atoms in total. The highest BCUT2D eigenvalue weighted by Crippen LogP contribution is 2.31. The zero-order valence-corrected chi connectivity index (χ0v) is 10.6. The molecule has 0 heterocycles. The molecule has 0 unspecified atom stereocenters. The summed E-state index contributed by atoms with van der Waals surface area (Å²) in [4.78, 5) is 0. The SMILES string of the molecule is CC1(Oc2ccc(Cl)cc2)CCCCCC1. The second-order valence-electron chi connectivity index (χ2n) is 4.92. The van der Waals surface area contributed by atoms with E-state index in [1.54, 1.807) is 0 Å². The highest BCUT2D eigenvalue weighted by atomic mass is 35.5. The summed E-state index contributed by atoms with van der Waals surface area (Å²) < 4.78 is 6.12. The molecule has 1 saturated carbocycles. The monoisotopic (exact) mass is 238 g/mol. The van der Waals surface area contributed by atoms with Gasteiger partial charge < -0.3 is 4.74 Å². The summed E-state index contributed by atoms with van der Waals surface area (Å²) in [6.45, 7) is 2.23. The lowest BCUT2D eigenvalue weighted by molar-refractivity contribution is 0.0722. The quantitative estimate of drug-likeness (QED) is 0.671. The number of hydrogen-bond donors (Lipinski definition) is 0. The molecule has 0 aliphatic heterocycles. The molecule has 88 valence electrons. The van der Waals surface area contributed by atoms with Crippen molar-refractivity contribution in [1.82, 2.24) is 0 Å². The topological polar surface area (TPSA) is 9.23 Å². The van der Waals surface area contributed by atoms with Gasteiger partial charge in [-0.2, -0.15) is 0 Å². The van der Waals surface area contributed by atoms with Crippen LogP contribution >= 0.6 is 11.6 Å². The molecule has 0 saturated heterocycles. The van der Waals surface area contributed by atoms with Crippen LogP contribution in [0, 0.1) is 0 Å². The van der Waals surface area contributed by atoms with Crippen LogP contribution in [0.4, 0.5) is 0 Å². The Morgan fingerprint density at radius 2 is 1.56 bits per heavy atom. The summed E-state index contributed by atoms with van der Waals surface area (Å²) in [5.74, 6) is 0.939. The molecule has 0 amide bonds. The van der Waals surface area contributed by atoms with Crippen molar-refractivity contribution in [2.75, 3.05) is 0 Å². The third-order valence-corrected chi connectivity index (χ3v) is 3.59. The lowest BCUT2D eigenvalue weighted by Crippen LogP contribution is -2.31. The Kier molecular flexibility index (Phi) is 3.75. The van der Waals surface area contributed by atoms with E-state index in [1.807, 2.05) is 24.3 Å². The predicted molar refractivity (Wildman–Crippen MR) is 68.2 cm³/mol. The largest absolute Gasteiger partial charge is 0.488 e. The van der Waals surface area contributed by atoms with Gasteiger partial charge in [-0.3, -0.25) is 0 Å². The van der Waals surface area contributed by atoms with Gasteiger partial charge in [0.05, 0.1) is 0 Å². The Bertz CT molecular complexity index is 323. The zero-order chi connectivity index (χ0) is 11.4. The highest BCUT2D eigenvalue weighted by Gasteiger charge is 2.27. The van der Waals surface area contributed by atoms with Gasteiger partial charge in [0.25, 0.3) is 0 Å². The molecular formula is C14H19ClO. The van der Waals surface area contributed by atoms with Crippen LogP contribution in [0.1, 0.15) is 45.4 Å². The molecule has 1 aromatic rings. The molecule has 0 aromatic heterocycles. The van der Waals surface area contributed by atoms with E-state index in [1.165, 1.54) is 25.7 Å². The molecular weight excluding hydrogens is 220 g/mol. The van der Waals surface area contributed by atoms with Crippen molar-refractivity contribution in [3.05, 3.63) is 29.3 Å². The molecule has 1 aliphatic carbocycles. The molecule has 0 N–H and O–H groups in total. The van der Waals surface area contributed by atoms with Gasteiger partial charge in [-0.25, -0.2) is 0 Å². The second kappa shape index (κ2) is 5.09. The fourth-order valence-corrected chi connectivity index (χ4v) is 2.49. The van der Waals surface area contributed by atoms with E-state index >= 15 is 0 Å². The van der Waals surface area contributed by atoms with Crippen LogP contribution < -0.4 is 4.74 Å². The van der Waals surface area contributed by atoms with E-state index in [4.69, 9.17) is 16.3 Å². The molecule has 0 bridgehead atoms. The van der Waals surface area contributed by atoms with Crippen LogP contribution in [0.25, 0.3) is 0 Å². The minimum absolute atomic E-state index is 0.0182. The van der Waals surface area contributed by atoms with Crippen molar-refractivity contribution >= 4 is 11.6 Å². The summed E-state index contributed by atoms with van der Waals surface area (Å²) in [5, 5.41) is 0.762. The number of hydrogen-bond acceptors (Lipinski definition) is 1. The minimum atomic E-state index is 0.0182. The standard InChI is InChI=1S/C14H19ClO/c1-14(10-4-2-3-5-11-14)16-13-8-6-12(15)7-9-13/h6-9H,2-5,10-11H2,1H3. The molecule has 1 fully saturated rings. The summed E-state index contributed by atoms with van der Waals surface area (Å²) >= 11 is 5.86. The van der Waals surface area contributed by atoms with Crippen LogP contribution in [0.3, 0.4) is 0 Å². The van der Waals surface area contributed by atoms with Crippen LogP contribution in [-0.2, 0) is 0 Å². The molecule has 1 aromatic carbocycles. The van der Waals surface area contributed by atoms with Crippen LogP contribution in [-0.4, -0.2) is 5.60 Å². The normalized spacial score (nSPS) is 20.1. The van der Waals surface area contributed by atoms with Crippen molar-refractivity contribution < 1.29 is 4.74 Å². The van der Waals surface area contributed by atoms with Crippen LogP contribution in [0.5, 0.6) is 5.75 Å².